The lowest BCUT2D eigenvalue weighted by Crippen LogP contribution is -2.29. The summed E-state index contributed by atoms with van der Waals surface area (Å²) in [5.74, 6) is -0.0977. The Hall–Kier alpha value is -1.30. The molecule has 13 heavy (non-hydrogen) atoms. The van der Waals surface area contributed by atoms with E-state index in [0.717, 1.165) is 0 Å². The first-order chi connectivity index (χ1) is 5.87. The number of guanidine groups is 2. The third-order valence-corrected chi connectivity index (χ3v) is 1.38. The van der Waals surface area contributed by atoms with Gasteiger partial charge in [-0.1, -0.05) is 0 Å². The van der Waals surface area contributed by atoms with E-state index in [9.17, 15) is 0 Å². The summed E-state index contributed by atoms with van der Waals surface area (Å²) in [7, 11) is 0. The molecular formula is C7H17N5O. The van der Waals surface area contributed by atoms with Gasteiger partial charge in [0.15, 0.2) is 5.96 Å². The molecule has 0 aliphatic carbocycles. The molecule has 0 aromatic heterocycles. The van der Waals surface area contributed by atoms with E-state index in [4.69, 9.17) is 22.3 Å². The van der Waals surface area contributed by atoms with Gasteiger partial charge in [0.25, 0.3) is 0 Å². The minimum absolute atomic E-state index is 0.0263. The van der Waals surface area contributed by atoms with E-state index >= 15 is 0 Å². The van der Waals surface area contributed by atoms with Crippen molar-refractivity contribution < 1.29 is 5.11 Å². The highest BCUT2D eigenvalue weighted by atomic mass is 16.3. The molecule has 0 atom stereocenters. The summed E-state index contributed by atoms with van der Waals surface area (Å²) in [6.45, 7) is 3.71. The van der Waals surface area contributed by atoms with E-state index in [0.29, 0.717) is 6.42 Å². The van der Waals surface area contributed by atoms with E-state index in [-0.39, 0.29) is 18.5 Å². The normalized spacial score (nSPS) is 12.7. The van der Waals surface area contributed by atoms with Crippen LogP contribution in [0.15, 0.2) is 9.98 Å². The van der Waals surface area contributed by atoms with Crippen LogP contribution in [0.1, 0.15) is 20.3 Å². The SMILES string of the molecule is CC(C)(CCO)N=C(N)N=C(N)N. The molecule has 6 heteroatoms. The van der Waals surface area contributed by atoms with E-state index in [2.05, 4.69) is 9.98 Å². The van der Waals surface area contributed by atoms with Crippen LogP contribution in [0, 0.1) is 0 Å². The molecule has 0 aromatic carbocycles. The minimum atomic E-state index is -0.447. The van der Waals surface area contributed by atoms with Crippen LogP contribution in [0.5, 0.6) is 0 Å². The van der Waals surface area contributed by atoms with Crippen LogP contribution in [-0.2, 0) is 0 Å². The maximum absolute atomic E-state index is 8.70. The summed E-state index contributed by atoms with van der Waals surface area (Å²) in [5.41, 5.74) is 15.2. The average Bonchev–Trinajstić information content (AvgIpc) is 1.81. The molecule has 0 unspecified atom stereocenters. The minimum Gasteiger partial charge on any atom is -0.396 e. The largest absolute Gasteiger partial charge is 0.396 e. The van der Waals surface area contributed by atoms with Gasteiger partial charge in [-0.15, -0.1) is 0 Å². The lowest BCUT2D eigenvalue weighted by molar-refractivity contribution is 0.254. The van der Waals surface area contributed by atoms with Crippen molar-refractivity contribution >= 4 is 11.9 Å². The number of hydrogen-bond donors (Lipinski definition) is 4. The average molecular weight is 187 g/mol. The highest BCUT2D eigenvalue weighted by Gasteiger charge is 2.15. The maximum atomic E-state index is 8.70. The van der Waals surface area contributed by atoms with E-state index in [1.165, 1.54) is 0 Å². The summed E-state index contributed by atoms with van der Waals surface area (Å²) in [4.78, 5) is 7.59. The van der Waals surface area contributed by atoms with Gasteiger partial charge in [0.1, 0.15) is 0 Å². The molecule has 0 saturated carbocycles. The molecule has 76 valence electrons. The Balaban J connectivity index is 4.44. The quantitative estimate of drug-likeness (QED) is 0.325. The van der Waals surface area contributed by atoms with Gasteiger partial charge in [0.2, 0.25) is 5.96 Å². The van der Waals surface area contributed by atoms with Gasteiger partial charge >= 0.3 is 0 Å². The van der Waals surface area contributed by atoms with E-state index in [1.54, 1.807) is 0 Å². The third-order valence-electron chi connectivity index (χ3n) is 1.38. The van der Waals surface area contributed by atoms with Crippen molar-refractivity contribution in [3.8, 4) is 0 Å². The molecule has 0 spiro atoms. The van der Waals surface area contributed by atoms with Gasteiger partial charge in [-0.3, -0.25) is 0 Å². The van der Waals surface area contributed by atoms with Crippen molar-refractivity contribution in [2.45, 2.75) is 25.8 Å². The molecule has 0 aliphatic heterocycles. The fourth-order valence-corrected chi connectivity index (χ4v) is 0.797. The van der Waals surface area contributed by atoms with Gasteiger partial charge < -0.3 is 22.3 Å². The van der Waals surface area contributed by atoms with Crippen molar-refractivity contribution in [1.82, 2.24) is 0 Å². The molecule has 0 bridgehead atoms. The lowest BCUT2D eigenvalue weighted by atomic mass is 10.0. The summed E-state index contributed by atoms with van der Waals surface area (Å²) in [6.07, 6.45) is 0.508. The number of nitrogens with two attached hydrogens (primary N) is 3. The zero-order valence-electron chi connectivity index (χ0n) is 7.99. The number of aliphatic hydroxyl groups excluding tert-OH is 1. The fourth-order valence-electron chi connectivity index (χ4n) is 0.797. The zero-order chi connectivity index (χ0) is 10.5. The molecule has 0 rings (SSSR count). The number of aliphatic hydroxyl groups is 1. The molecule has 0 aliphatic rings. The van der Waals surface area contributed by atoms with E-state index < -0.39 is 5.54 Å². The van der Waals surface area contributed by atoms with Gasteiger partial charge in [0, 0.05) is 6.61 Å². The van der Waals surface area contributed by atoms with Gasteiger partial charge in [-0.05, 0) is 20.3 Å². The Morgan fingerprint density at radius 1 is 1.31 bits per heavy atom. The number of aliphatic imine (C=N–C) groups is 2. The van der Waals surface area contributed by atoms with Crippen LogP contribution in [-0.4, -0.2) is 29.2 Å². The van der Waals surface area contributed by atoms with E-state index in [1.807, 2.05) is 13.8 Å². The van der Waals surface area contributed by atoms with Crippen molar-refractivity contribution in [1.29, 1.82) is 0 Å². The summed E-state index contributed by atoms with van der Waals surface area (Å²) in [5, 5.41) is 8.70. The number of rotatable bonds is 3. The molecule has 0 heterocycles. The van der Waals surface area contributed by atoms with Crippen molar-refractivity contribution in [2.75, 3.05) is 6.61 Å². The second kappa shape index (κ2) is 4.66. The summed E-state index contributed by atoms with van der Waals surface area (Å²) in [6, 6.07) is 0. The predicted molar refractivity (Wildman–Crippen MR) is 53.2 cm³/mol. The molecule has 0 aromatic rings. The molecular weight excluding hydrogens is 170 g/mol. The Kier molecular flexibility index (Phi) is 4.19. The Morgan fingerprint density at radius 3 is 2.23 bits per heavy atom. The Morgan fingerprint density at radius 2 is 1.85 bits per heavy atom. The number of nitrogens with zero attached hydrogens (tertiary/aromatic N) is 2. The summed E-state index contributed by atoms with van der Waals surface area (Å²) >= 11 is 0. The highest BCUT2D eigenvalue weighted by Crippen LogP contribution is 2.13. The van der Waals surface area contributed by atoms with Crippen LogP contribution >= 0.6 is 0 Å². The first-order valence-corrected chi connectivity index (χ1v) is 3.93. The second-order valence-electron chi connectivity index (χ2n) is 3.29. The zero-order valence-corrected chi connectivity index (χ0v) is 7.99. The first kappa shape index (κ1) is 11.7. The molecule has 0 fully saturated rings. The molecule has 7 N–H and O–H groups in total. The first-order valence-electron chi connectivity index (χ1n) is 3.93. The molecule has 0 amide bonds. The topological polar surface area (TPSA) is 123 Å². The Labute approximate surface area is 77.5 Å². The standard InChI is InChI=1S/C7H17N5O/c1-7(2,3-4-13)12-6(10)11-5(8)9/h13H,3-4H2,1-2H3,(H6,8,9,10,11,12). The lowest BCUT2D eigenvalue weighted by Gasteiger charge is -2.17. The predicted octanol–water partition coefficient (Wildman–Crippen LogP) is -1.26. The molecule has 6 nitrogen and oxygen atoms in total. The summed E-state index contributed by atoms with van der Waals surface area (Å²) < 4.78 is 0. The van der Waals surface area contributed by atoms with Crippen LogP contribution in [0.2, 0.25) is 0 Å². The van der Waals surface area contributed by atoms with Crippen LogP contribution in [0.25, 0.3) is 0 Å². The van der Waals surface area contributed by atoms with Crippen LogP contribution in [0.4, 0.5) is 0 Å². The van der Waals surface area contributed by atoms with Gasteiger partial charge in [0.05, 0.1) is 5.54 Å². The fraction of sp³-hybridized carbons (Fsp3) is 0.714. The van der Waals surface area contributed by atoms with Crippen LogP contribution in [0.3, 0.4) is 0 Å². The maximum Gasteiger partial charge on any atom is 0.219 e. The second-order valence-corrected chi connectivity index (χ2v) is 3.29. The smallest absolute Gasteiger partial charge is 0.219 e. The molecule has 0 saturated heterocycles. The van der Waals surface area contributed by atoms with Crippen LogP contribution < -0.4 is 17.2 Å². The van der Waals surface area contributed by atoms with Crippen molar-refractivity contribution in [3.05, 3.63) is 0 Å². The Bertz CT molecular complexity index is 217. The highest BCUT2D eigenvalue weighted by molar-refractivity contribution is 5.92. The monoisotopic (exact) mass is 187 g/mol. The third kappa shape index (κ3) is 5.92. The number of hydrogen-bond acceptors (Lipinski definition) is 2. The molecule has 0 radical (unpaired) electrons. The van der Waals surface area contributed by atoms with Gasteiger partial charge in [-0.2, -0.15) is 4.99 Å². The van der Waals surface area contributed by atoms with Gasteiger partial charge in [-0.25, -0.2) is 4.99 Å². The van der Waals surface area contributed by atoms with Crippen molar-refractivity contribution in [2.24, 2.45) is 27.2 Å². The van der Waals surface area contributed by atoms with Crippen molar-refractivity contribution in [3.63, 3.8) is 0 Å².